The average Bonchev–Trinajstić information content (AvgIpc) is 2.80. The van der Waals surface area contributed by atoms with E-state index in [9.17, 15) is 0 Å². The minimum Gasteiger partial charge on any atom is -0.312 e. The van der Waals surface area contributed by atoms with Gasteiger partial charge in [-0.25, -0.2) is 0 Å². The number of piperidine rings is 1. The van der Waals surface area contributed by atoms with Gasteiger partial charge in [-0.3, -0.25) is 4.98 Å². The van der Waals surface area contributed by atoms with E-state index in [0.29, 0.717) is 0 Å². The molecule has 2 heterocycles. The lowest BCUT2D eigenvalue weighted by Gasteiger charge is -2.28. The Labute approximate surface area is 102 Å². The molecule has 0 spiro atoms. The lowest BCUT2D eigenvalue weighted by atomic mass is 9.94. The van der Waals surface area contributed by atoms with E-state index < -0.39 is 0 Å². The molecule has 1 fully saturated rings. The third-order valence-electron chi connectivity index (χ3n) is 3.35. The van der Waals surface area contributed by atoms with Crippen molar-refractivity contribution in [2.75, 3.05) is 26.7 Å². The first kappa shape index (κ1) is 12.0. The molecule has 2 rings (SSSR count). The highest BCUT2D eigenvalue weighted by atomic mass is 32.1. The molecule has 1 aliphatic heterocycles. The minimum absolute atomic E-state index is 0.935. The number of likely N-dealkylation sites (tertiary alicyclic amines) is 1. The summed E-state index contributed by atoms with van der Waals surface area (Å²) >= 11 is 1.73. The van der Waals surface area contributed by atoms with Gasteiger partial charge in [0, 0.05) is 17.6 Å². The number of hydrogen-bond acceptors (Lipinski definition) is 4. The van der Waals surface area contributed by atoms with Crippen molar-refractivity contribution in [2.24, 2.45) is 5.92 Å². The number of nitrogens with zero attached hydrogens (tertiary/aromatic N) is 2. The van der Waals surface area contributed by atoms with Gasteiger partial charge in [-0.2, -0.15) is 0 Å². The second kappa shape index (κ2) is 6.33. The average molecular weight is 239 g/mol. The van der Waals surface area contributed by atoms with E-state index in [1.165, 1.54) is 37.2 Å². The standard InChI is InChI=1S/C12H21N3S/c1-15-6-3-11(4-7-15)2-5-13-8-12-9-14-10-16-12/h9-11,13H,2-8H2,1H3. The molecule has 4 heteroatoms. The van der Waals surface area contributed by atoms with Gasteiger partial charge in [0.05, 0.1) is 5.51 Å². The van der Waals surface area contributed by atoms with Crippen LogP contribution in [0.3, 0.4) is 0 Å². The number of rotatable bonds is 5. The Bertz CT molecular complexity index is 278. The maximum Gasteiger partial charge on any atom is 0.0794 e. The Balaban J connectivity index is 1.55. The Morgan fingerprint density at radius 3 is 3.00 bits per heavy atom. The van der Waals surface area contributed by atoms with Gasteiger partial charge in [0.25, 0.3) is 0 Å². The van der Waals surface area contributed by atoms with Gasteiger partial charge in [-0.1, -0.05) is 0 Å². The predicted molar refractivity (Wildman–Crippen MR) is 68.7 cm³/mol. The van der Waals surface area contributed by atoms with Crippen LogP contribution in [-0.4, -0.2) is 36.6 Å². The zero-order valence-electron chi connectivity index (χ0n) is 9.98. The van der Waals surface area contributed by atoms with Crippen LogP contribution in [-0.2, 0) is 6.54 Å². The Morgan fingerprint density at radius 2 is 2.31 bits per heavy atom. The molecule has 1 N–H and O–H groups in total. The lowest BCUT2D eigenvalue weighted by molar-refractivity contribution is 0.211. The van der Waals surface area contributed by atoms with Crippen molar-refractivity contribution in [3.63, 3.8) is 0 Å². The molecule has 0 bridgehead atoms. The van der Waals surface area contributed by atoms with Gasteiger partial charge < -0.3 is 10.2 Å². The van der Waals surface area contributed by atoms with Crippen molar-refractivity contribution in [1.29, 1.82) is 0 Å². The number of aromatic nitrogens is 1. The maximum atomic E-state index is 4.07. The van der Waals surface area contributed by atoms with Crippen molar-refractivity contribution >= 4 is 11.3 Å². The summed E-state index contributed by atoms with van der Waals surface area (Å²) in [4.78, 5) is 7.84. The van der Waals surface area contributed by atoms with Crippen LogP contribution in [0.5, 0.6) is 0 Å². The van der Waals surface area contributed by atoms with Gasteiger partial charge in [0.2, 0.25) is 0 Å². The second-order valence-electron chi connectivity index (χ2n) is 4.68. The molecule has 1 aromatic heterocycles. The summed E-state index contributed by atoms with van der Waals surface area (Å²) in [5.41, 5.74) is 1.90. The van der Waals surface area contributed by atoms with E-state index in [1.54, 1.807) is 11.3 Å². The molecule has 0 saturated carbocycles. The first-order chi connectivity index (χ1) is 7.84. The molecule has 90 valence electrons. The van der Waals surface area contributed by atoms with Crippen LogP contribution >= 0.6 is 11.3 Å². The molecule has 0 unspecified atom stereocenters. The lowest BCUT2D eigenvalue weighted by Crippen LogP contribution is -2.31. The largest absolute Gasteiger partial charge is 0.312 e. The van der Waals surface area contributed by atoms with Crippen molar-refractivity contribution in [3.05, 3.63) is 16.6 Å². The van der Waals surface area contributed by atoms with Crippen molar-refractivity contribution in [1.82, 2.24) is 15.2 Å². The zero-order chi connectivity index (χ0) is 11.2. The third-order valence-corrected chi connectivity index (χ3v) is 4.13. The fourth-order valence-corrected chi connectivity index (χ4v) is 2.76. The van der Waals surface area contributed by atoms with E-state index in [4.69, 9.17) is 0 Å². The van der Waals surface area contributed by atoms with Gasteiger partial charge in [-0.15, -0.1) is 11.3 Å². The van der Waals surface area contributed by atoms with E-state index >= 15 is 0 Å². The summed E-state index contributed by atoms with van der Waals surface area (Å²) in [6.07, 6.45) is 6.03. The van der Waals surface area contributed by atoms with E-state index in [1.807, 2.05) is 11.7 Å². The summed E-state index contributed by atoms with van der Waals surface area (Å²) in [6.45, 7) is 4.68. The fraction of sp³-hybridized carbons (Fsp3) is 0.750. The van der Waals surface area contributed by atoms with Crippen LogP contribution in [0.25, 0.3) is 0 Å². The van der Waals surface area contributed by atoms with Crippen LogP contribution < -0.4 is 5.32 Å². The highest BCUT2D eigenvalue weighted by molar-refractivity contribution is 7.09. The molecule has 1 aromatic rings. The van der Waals surface area contributed by atoms with Crippen molar-refractivity contribution in [2.45, 2.75) is 25.8 Å². The molecule has 16 heavy (non-hydrogen) atoms. The van der Waals surface area contributed by atoms with Crippen LogP contribution in [0.15, 0.2) is 11.7 Å². The van der Waals surface area contributed by atoms with Gasteiger partial charge in [-0.05, 0) is 51.9 Å². The fourth-order valence-electron chi connectivity index (χ4n) is 2.20. The Morgan fingerprint density at radius 1 is 1.50 bits per heavy atom. The zero-order valence-corrected chi connectivity index (χ0v) is 10.8. The summed E-state index contributed by atoms with van der Waals surface area (Å²) in [7, 11) is 2.22. The monoisotopic (exact) mass is 239 g/mol. The third kappa shape index (κ3) is 3.85. The Kier molecular flexibility index (Phi) is 4.75. The number of hydrogen-bond donors (Lipinski definition) is 1. The maximum absolute atomic E-state index is 4.07. The highest BCUT2D eigenvalue weighted by Crippen LogP contribution is 2.18. The molecular formula is C12H21N3S. The van der Waals surface area contributed by atoms with E-state index in [-0.39, 0.29) is 0 Å². The van der Waals surface area contributed by atoms with Crippen molar-refractivity contribution in [3.8, 4) is 0 Å². The van der Waals surface area contributed by atoms with Crippen LogP contribution in [0.1, 0.15) is 24.1 Å². The van der Waals surface area contributed by atoms with E-state index in [2.05, 4.69) is 22.2 Å². The van der Waals surface area contributed by atoms with Gasteiger partial charge in [0.1, 0.15) is 0 Å². The summed E-state index contributed by atoms with van der Waals surface area (Å²) in [6, 6.07) is 0. The first-order valence-corrected chi connectivity index (χ1v) is 6.99. The van der Waals surface area contributed by atoms with Gasteiger partial charge in [0.15, 0.2) is 0 Å². The predicted octanol–water partition coefficient (Wildman–Crippen LogP) is 1.96. The van der Waals surface area contributed by atoms with Crippen LogP contribution in [0.2, 0.25) is 0 Å². The quantitative estimate of drug-likeness (QED) is 0.796. The molecule has 1 saturated heterocycles. The molecule has 3 nitrogen and oxygen atoms in total. The Hall–Kier alpha value is -0.450. The molecule has 0 aromatic carbocycles. The summed E-state index contributed by atoms with van der Waals surface area (Å²) in [5.74, 6) is 0.935. The summed E-state index contributed by atoms with van der Waals surface area (Å²) < 4.78 is 0. The highest BCUT2D eigenvalue weighted by Gasteiger charge is 2.15. The topological polar surface area (TPSA) is 28.2 Å². The molecular weight excluding hydrogens is 218 g/mol. The molecule has 0 aliphatic carbocycles. The number of nitrogens with one attached hydrogen (secondary N) is 1. The van der Waals surface area contributed by atoms with Crippen molar-refractivity contribution < 1.29 is 0 Å². The molecule has 0 amide bonds. The number of thiazole rings is 1. The smallest absolute Gasteiger partial charge is 0.0794 e. The minimum atomic E-state index is 0.935. The van der Waals surface area contributed by atoms with Crippen LogP contribution in [0.4, 0.5) is 0 Å². The van der Waals surface area contributed by atoms with Gasteiger partial charge >= 0.3 is 0 Å². The molecule has 1 aliphatic rings. The van der Waals surface area contributed by atoms with Crippen LogP contribution in [0, 0.1) is 5.92 Å². The normalized spacial score (nSPS) is 19.1. The molecule has 0 radical (unpaired) electrons. The second-order valence-corrected chi connectivity index (χ2v) is 5.65. The molecule has 0 atom stereocenters. The SMILES string of the molecule is CN1CCC(CCNCc2cncs2)CC1. The first-order valence-electron chi connectivity index (χ1n) is 6.11. The summed E-state index contributed by atoms with van der Waals surface area (Å²) in [5, 5.41) is 3.50. The van der Waals surface area contributed by atoms with E-state index in [0.717, 1.165) is 19.0 Å².